The predicted octanol–water partition coefficient (Wildman–Crippen LogP) is -0.271. The van der Waals surface area contributed by atoms with Gasteiger partial charge >= 0.3 is 0 Å². The average molecular weight is 325 g/mol. The van der Waals surface area contributed by atoms with Crippen LogP contribution in [0.1, 0.15) is 33.1 Å². The summed E-state index contributed by atoms with van der Waals surface area (Å²) in [5.74, 6) is 0.223. The molecular weight excluding hydrogens is 302 g/mol. The van der Waals surface area contributed by atoms with Gasteiger partial charge in [0.15, 0.2) is 0 Å². The first-order valence-electron chi connectivity index (χ1n) is 6.99. The fourth-order valence-corrected chi connectivity index (χ4v) is 6.05. The third-order valence-electron chi connectivity index (χ3n) is 3.69. The Bertz CT molecular complexity index is 536. The lowest BCUT2D eigenvalue weighted by atomic mass is 10.1. The molecule has 0 aromatic heterocycles. The number of hydrogen-bond donors (Lipinski definition) is 1. The first-order chi connectivity index (χ1) is 9.22. The van der Waals surface area contributed by atoms with Crippen LogP contribution in [-0.2, 0) is 20.2 Å². The normalized spacial score (nSPS) is 26.4. The average Bonchev–Trinajstić information content (AvgIpc) is 2.67. The van der Waals surface area contributed by atoms with Gasteiger partial charge in [0.2, 0.25) is 10.0 Å². The lowest BCUT2D eigenvalue weighted by Crippen LogP contribution is -2.51. The van der Waals surface area contributed by atoms with E-state index in [1.54, 1.807) is 18.2 Å². The fraction of sp³-hybridized carbons (Fsp3) is 1.00. The van der Waals surface area contributed by atoms with E-state index >= 15 is 0 Å². The zero-order chi connectivity index (χ0) is 15.0. The van der Waals surface area contributed by atoms with E-state index in [2.05, 4.69) is 4.72 Å². The molecule has 0 aliphatic carbocycles. The van der Waals surface area contributed by atoms with Crippen molar-refractivity contribution in [2.45, 2.75) is 45.2 Å². The minimum absolute atomic E-state index is 0.0481. The highest BCUT2D eigenvalue weighted by molar-refractivity contribution is 7.89. The van der Waals surface area contributed by atoms with Gasteiger partial charge in [-0.15, -0.1) is 0 Å². The van der Waals surface area contributed by atoms with Crippen LogP contribution in [-0.4, -0.2) is 62.9 Å². The van der Waals surface area contributed by atoms with E-state index in [1.807, 2.05) is 0 Å². The SMILES string of the molecule is CC(C)NS(=O)(=O)N1CCC(N2CCCS2(=O)=O)CC1. The Morgan fingerprint density at radius 2 is 1.75 bits per heavy atom. The van der Waals surface area contributed by atoms with Crippen LogP contribution in [0.2, 0.25) is 0 Å². The lowest BCUT2D eigenvalue weighted by Gasteiger charge is -2.35. The predicted molar refractivity (Wildman–Crippen MR) is 76.9 cm³/mol. The molecule has 0 spiro atoms. The highest BCUT2D eigenvalue weighted by atomic mass is 32.2. The van der Waals surface area contributed by atoms with Crippen molar-refractivity contribution in [3.05, 3.63) is 0 Å². The topological polar surface area (TPSA) is 86.8 Å². The summed E-state index contributed by atoms with van der Waals surface area (Å²) in [7, 11) is -6.55. The molecule has 20 heavy (non-hydrogen) atoms. The van der Waals surface area contributed by atoms with Gasteiger partial charge in [-0.25, -0.2) is 8.42 Å². The van der Waals surface area contributed by atoms with Crippen LogP contribution in [0, 0.1) is 0 Å². The summed E-state index contributed by atoms with van der Waals surface area (Å²) < 4.78 is 53.3. The Hall–Kier alpha value is -0.220. The molecule has 2 aliphatic heterocycles. The molecule has 0 saturated carbocycles. The van der Waals surface area contributed by atoms with Crippen LogP contribution in [0.25, 0.3) is 0 Å². The molecule has 2 fully saturated rings. The van der Waals surface area contributed by atoms with Crippen LogP contribution < -0.4 is 4.72 Å². The van der Waals surface area contributed by atoms with Crippen molar-refractivity contribution in [2.24, 2.45) is 0 Å². The monoisotopic (exact) mass is 325 g/mol. The van der Waals surface area contributed by atoms with Crippen molar-refractivity contribution in [1.29, 1.82) is 0 Å². The third kappa shape index (κ3) is 3.51. The van der Waals surface area contributed by atoms with E-state index in [4.69, 9.17) is 0 Å². The standard InChI is InChI=1S/C11H23N3O4S2/c1-10(2)12-20(17,18)13-7-4-11(5-8-13)14-6-3-9-19(14,15)16/h10-12H,3-9H2,1-2H3. The van der Waals surface area contributed by atoms with Gasteiger partial charge in [0.05, 0.1) is 5.75 Å². The number of nitrogens with one attached hydrogen (secondary N) is 1. The highest BCUT2D eigenvalue weighted by Gasteiger charge is 2.38. The number of hydrogen-bond acceptors (Lipinski definition) is 4. The molecule has 0 bridgehead atoms. The van der Waals surface area contributed by atoms with E-state index in [1.165, 1.54) is 4.31 Å². The zero-order valence-corrected chi connectivity index (χ0v) is 13.6. The molecule has 0 atom stereocenters. The van der Waals surface area contributed by atoms with Gasteiger partial charge < -0.3 is 0 Å². The second kappa shape index (κ2) is 5.88. The van der Waals surface area contributed by atoms with E-state index in [0.29, 0.717) is 38.9 Å². The second-order valence-corrected chi connectivity index (χ2v) is 9.43. The largest absolute Gasteiger partial charge is 0.279 e. The Balaban J connectivity index is 1.96. The van der Waals surface area contributed by atoms with Crippen molar-refractivity contribution in [3.8, 4) is 0 Å². The first-order valence-corrected chi connectivity index (χ1v) is 10.0. The Labute approximate surface area is 121 Å². The van der Waals surface area contributed by atoms with Gasteiger partial charge in [0.1, 0.15) is 0 Å². The molecule has 1 N–H and O–H groups in total. The zero-order valence-electron chi connectivity index (χ0n) is 11.9. The molecule has 9 heteroatoms. The van der Waals surface area contributed by atoms with Crippen LogP contribution in [0.3, 0.4) is 0 Å². The minimum Gasteiger partial charge on any atom is -0.212 e. The summed E-state index contributed by atoms with van der Waals surface area (Å²) in [4.78, 5) is 0. The summed E-state index contributed by atoms with van der Waals surface area (Å²) in [6.07, 6.45) is 1.81. The molecule has 0 amide bonds. The molecule has 2 heterocycles. The third-order valence-corrected chi connectivity index (χ3v) is 7.51. The quantitative estimate of drug-likeness (QED) is 0.771. The van der Waals surface area contributed by atoms with Crippen molar-refractivity contribution in [1.82, 2.24) is 13.3 Å². The van der Waals surface area contributed by atoms with Crippen molar-refractivity contribution in [2.75, 3.05) is 25.4 Å². The van der Waals surface area contributed by atoms with Crippen molar-refractivity contribution in [3.63, 3.8) is 0 Å². The first kappa shape index (κ1) is 16.2. The maximum absolute atomic E-state index is 12.0. The summed E-state index contributed by atoms with van der Waals surface area (Å²) in [5.41, 5.74) is 0. The van der Waals surface area contributed by atoms with Gasteiger partial charge in [-0.05, 0) is 33.1 Å². The van der Waals surface area contributed by atoms with E-state index in [9.17, 15) is 16.8 Å². The van der Waals surface area contributed by atoms with Crippen LogP contribution in [0.15, 0.2) is 0 Å². The van der Waals surface area contributed by atoms with Gasteiger partial charge in [0, 0.05) is 31.7 Å². The van der Waals surface area contributed by atoms with Crippen LogP contribution in [0.4, 0.5) is 0 Å². The van der Waals surface area contributed by atoms with E-state index < -0.39 is 20.2 Å². The van der Waals surface area contributed by atoms with E-state index in [-0.39, 0.29) is 17.8 Å². The number of nitrogens with zero attached hydrogens (tertiary/aromatic N) is 2. The van der Waals surface area contributed by atoms with Crippen LogP contribution >= 0.6 is 0 Å². The number of sulfonamides is 1. The molecular formula is C11H23N3O4S2. The molecule has 0 unspecified atom stereocenters. The van der Waals surface area contributed by atoms with Gasteiger partial charge in [-0.2, -0.15) is 21.8 Å². The van der Waals surface area contributed by atoms with Gasteiger partial charge in [-0.3, -0.25) is 0 Å². The van der Waals surface area contributed by atoms with E-state index in [0.717, 1.165) is 0 Å². The highest BCUT2D eigenvalue weighted by Crippen LogP contribution is 2.25. The maximum Gasteiger partial charge on any atom is 0.279 e. The molecule has 118 valence electrons. The summed E-state index contributed by atoms with van der Waals surface area (Å²) in [5, 5.41) is 0. The molecule has 7 nitrogen and oxygen atoms in total. The Morgan fingerprint density at radius 3 is 2.20 bits per heavy atom. The maximum atomic E-state index is 12.0. The van der Waals surface area contributed by atoms with Crippen LogP contribution in [0.5, 0.6) is 0 Å². The number of piperidine rings is 1. The molecule has 0 radical (unpaired) electrons. The molecule has 2 rings (SSSR count). The molecule has 2 saturated heterocycles. The summed E-state index contributed by atoms with van der Waals surface area (Å²) in [6.45, 7) is 4.88. The smallest absolute Gasteiger partial charge is 0.212 e. The van der Waals surface area contributed by atoms with Gasteiger partial charge in [0.25, 0.3) is 10.2 Å². The van der Waals surface area contributed by atoms with Crippen molar-refractivity contribution >= 4 is 20.2 Å². The summed E-state index contributed by atoms with van der Waals surface area (Å²) >= 11 is 0. The minimum atomic E-state index is -3.44. The lowest BCUT2D eigenvalue weighted by molar-refractivity contribution is 0.224. The summed E-state index contributed by atoms with van der Waals surface area (Å²) in [6, 6.07) is -0.190. The van der Waals surface area contributed by atoms with Gasteiger partial charge in [-0.1, -0.05) is 0 Å². The fourth-order valence-electron chi connectivity index (χ4n) is 2.81. The molecule has 0 aromatic rings. The Kier molecular flexibility index (Phi) is 4.75. The van der Waals surface area contributed by atoms with Crippen molar-refractivity contribution < 1.29 is 16.8 Å². The Morgan fingerprint density at radius 1 is 1.15 bits per heavy atom. The molecule has 0 aromatic carbocycles. The molecule has 2 aliphatic rings. The second-order valence-electron chi connectivity index (χ2n) is 5.69. The number of rotatable bonds is 4.